The molecule has 1 radical (unpaired) electrons. The lowest BCUT2D eigenvalue weighted by atomic mass is 10.1. The van der Waals surface area contributed by atoms with Gasteiger partial charge in [-0.15, -0.1) is 12.3 Å². The topological polar surface area (TPSA) is 0 Å². The highest BCUT2D eigenvalue weighted by atomic mass is 32.2. The van der Waals surface area contributed by atoms with Crippen molar-refractivity contribution in [3.8, 4) is 12.3 Å². The molecule has 0 fully saturated rings. The second-order valence-corrected chi connectivity index (χ2v) is 3.19. The summed E-state index contributed by atoms with van der Waals surface area (Å²) in [5.41, 5.74) is 0. The summed E-state index contributed by atoms with van der Waals surface area (Å²) in [5.74, 6) is 5.23. The van der Waals surface area contributed by atoms with Crippen LogP contribution in [0.25, 0.3) is 0 Å². The second kappa shape index (κ2) is 6.04. The van der Waals surface area contributed by atoms with Crippen molar-refractivity contribution >= 4 is 11.8 Å². The van der Waals surface area contributed by atoms with Crippen LogP contribution in [0.2, 0.25) is 0 Å². The van der Waals surface area contributed by atoms with Gasteiger partial charge in [-0.2, -0.15) is 11.8 Å². The maximum atomic E-state index is 5.18. The molecule has 0 aromatic heterocycles. The molecule has 9 heavy (non-hydrogen) atoms. The number of rotatable bonds is 4. The van der Waals surface area contributed by atoms with Crippen molar-refractivity contribution in [1.29, 1.82) is 0 Å². The lowest BCUT2D eigenvalue weighted by Crippen LogP contribution is -1.91. The molecule has 0 nitrogen and oxygen atoms in total. The van der Waals surface area contributed by atoms with E-state index in [9.17, 15) is 0 Å². The van der Waals surface area contributed by atoms with Crippen LogP contribution >= 0.6 is 11.8 Å². The first-order valence-electron chi connectivity index (χ1n) is 3.14. The third kappa shape index (κ3) is 5.79. The van der Waals surface area contributed by atoms with E-state index in [4.69, 9.17) is 6.42 Å². The van der Waals surface area contributed by atoms with E-state index in [-0.39, 0.29) is 0 Å². The van der Waals surface area contributed by atoms with Crippen LogP contribution in [0.15, 0.2) is 0 Å². The van der Waals surface area contributed by atoms with Crippen molar-refractivity contribution in [2.45, 2.75) is 13.3 Å². The van der Waals surface area contributed by atoms with Crippen molar-refractivity contribution in [1.82, 2.24) is 0 Å². The van der Waals surface area contributed by atoms with E-state index >= 15 is 0 Å². The number of hydrogen-bond donors (Lipinski definition) is 0. The minimum absolute atomic E-state index is 0.434. The predicted octanol–water partition coefficient (Wildman–Crippen LogP) is 2.21. The quantitative estimate of drug-likeness (QED) is 0.427. The fraction of sp³-hybridized carbons (Fsp3) is 0.625. The first-order valence-corrected chi connectivity index (χ1v) is 4.29. The summed E-state index contributed by atoms with van der Waals surface area (Å²) in [5, 5.41) is 0. The summed E-state index contributed by atoms with van der Waals surface area (Å²) in [6, 6.07) is 0. The first-order chi connectivity index (χ1) is 4.31. The van der Waals surface area contributed by atoms with Crippen LogP contribution in [0.3, 0.4) is 0 Å². The molecule has 0 rings (SSSR count). The third-order valence-electron chi connectivity index (χ3n) is 1.12. The normalized spacial score (nSPS) is 12.6. The summed E-state index contributed by atoms with van der Waals surface area (Å²) >= 11 is 1.85. The Bertz CT molecular complexity index is 91.2. The Balaban J connectivity index is 2.99. The highest BCUT2D eigenvalue weighted by Crippen LogP contribution is 2.06. The Morgan fingerprint density at radius 1 is 1.78 bits per heavy atom. The van der Waals surface area contributed by atoms with E-state index in [0.717, 1.165) is 17.9 Å². The van der Waals surface area contributed by atoms with Gasteiger partial charge in [0, 0.05) is 5.92 Å². The van der Waals surface area contributed by atoms with Gasteiger partial charge in [-0.25, -0.2) is 0 Å². The Morgan fingerprint density at radius 3 is 2.89 bits per heavy atom. The standard InChI is InChI=1S/C8H13S/c1-4-8(3)6-7-9-5-2/h1,8H,2,5-7H2,3H3. The predicted molar refractivity (Wildman–Crippen MR) is 45.3 cm³/mol. The summed E-state index contributed by atoms with van der Waals surface area (Å²) < 4.78 is 0. The fourth-order valence-corrected chi connectivity index (χ4v) is 1.17. The van der Waals surface area contributed by atoms with E-state index in [1.54, 1.807) is 0 Å². The minimum atomic E-state index is 0.434. The van der Waals surface area contributed by atoms with E-state index in [2.05, 4.69) is 19.8 Å². The molecule has 0 spiro atoms. The van der Waals surface area contributed by atoms with Crippen LogP contribution < -0.4 is 0 Å². The van der Waals surface area contributed by atoms with Crippen LogP contribution in [0, 0.1) is 25.2 Å². The highest BCUT2D eigenvalue weighted by Gasteiger charge is 1.94. The van der Waals surface area contributed by atoms with E-state index in [1.807, 2.05) is 11.8 Å². The zero-order chi connectivity index (χ0) is 7.11. The first kappa shape index (κ1) is 8.91. The molecule has 0 aromatic rings. The van der Waals surface area contributed by atoms with Gasteiger partial charge in [-0.05, 0) is 24.9 Å². The molecule has 0 N–H and O–H groups in total. The van der Waals surface area contributed by atoms with Crippen LogP contribution in [-0.2, 0) is 0 Å². The molecule has 1 atom stereocenters. The number of thioether (sulfide) groups is 1. The summed E-state index contributed by atoms with van der Waals surface area (Å²) in [4.78, 5) is 0. The SMILES string of the molecule is C#CC(C)CCSC[CH2]. The molecule has 0 saturated carbocycles. The monoisotopic (exact) mass is 141 g/mol. The molecule has 51 valence electrons. The Morgan fingerprint density at radius 2 is 2.44 bits per heavy atom. The smallest absolute Gasteiger partial charge is 0.0179 e. The fourth-order valence-electron chi connectivity index (χ4n) is 0.446. The zero-order valence-corrected chi connectivity index (χ0v) is 6.71. The van der Waals surface area contributed by atoms with Crippen LogP contribution in [0.5, 0.6) is 0 Å². The summed E-state index contributed by atoms with van der Waals surface area (Å²) in [7, 11) is 0. The van der Waals surface area contributed by atoms with E-state index < -0.39 is 0 Å². The molecule has 0 aliphatic heterocycles. The van der Waals surface area contributed by atoms with Gasteiger partial charge in [0.05, 0.1) is 0 Å². The van der Waals surface area contributed by atoms with Crippen molar-refractivity contribution in [2.24, 2.45) is 5.92 Å². The van der Waals surface area contributed by atoms with Gasteiger partial charge in [0.25, 0.3) is 0 Å². The molecule has 0 aromatic carbocycles. The Labute approximate surface area is 62.4 Å². The van der Waals surface area contributed by atoms with Gasteiger partial charge >= 0.3 is 0 Å². The minimum Gasteiger partial charge on any atom is -0.162 e. The van der Waals surface area contributed by atoms with Crippen LogP contribution in [0.1, 0.15) is 13.3 Å². The number of terminal acetylenes is 1. The molecular formula is C8H13S. The van der Waals surface area contributed by atoms with Gasteiger partial charge in [-0.1, -0.05) is 6.92 Å². The van der Waals surface area contributed by atoms with Crippen molar-refractivity contribution in [3.05, 3.63) is 6.92 Å². The average molecular weight is 141 g/mol. The van der Waals surface area contributed by atoms with Crippen molar-refractivity contribution in [3.63, 3.8) is 0 Å². The van der Waals surface area contributed by atoms with Crippen LogP contribution in [0.4, 0.5) is 0 Å². The molecule has 1 heteroatoms. The van der Waals surface area contributed by atoms with Crippen molar-refractivity contribution in [2.75, 3.05) is 11.5 Å². The second-order valence-electron chi connectivity index (χ2n) is 1.97. The Hall–Kier alpha value is -0.0900. The van der Waals surface area contributed by atoms with Crippen LogP contribution in [-0.4, -0.2) is 11.5 Å². The maximum absolute atomic E-state index is 5.18. The maximum Gasteiger partial charge on any atom is 0.0179 e. The summed E-state index contributed by atoms with van der Waals surface area (Å²) in [6.45, 7) is 5.79. The molecule has 0 aliphatic carbocycles. The summed E-state index contributed by atoms with van der Waals surface area (Å²) in [6.07, 6.45) is 6.30. The van der Waals surface area contributed by atoms with E-state index in [1.165, 1.54) is 0 Å². The molecule has 0 heterocycles. The van der Waals surface area contributed by atoms with Gasteiger partial charge in [0.1, 0.15) is 0 Å². The lowest BCUT2D eigenvalue weighted by Gasteiger charge is -2.00. The molecule has 0 amide bonds. The Kier molecular flexibility index (Phi) is 5.98. The molecule has 1 unspecified atom stereocenters. The molecular weight excluding hydrogens is 128 g/mol. The van der Waals surface area contributed by atoms with Gasteiger partial charge in [0.2, 0.25) is 0 Å². The third-order valence-corrected chi connectivity index (χ3v) is 1.94. The van der Waals surface area contributed by atoms with Crippen molar-refractivity contribution < 1.29 is 0 Å². The average Bonchev–Trinajstić information content (AvgIpc) is 1.89. The number of hydrogen-bond acceptors (Lipinski definition) is 1. The van der Waals surface area contributed by atoms with E-state index in [0.29, 0.717) is 5.92 Å². The van der Waals surface area contributed by atoms with Gasteiger partial charge < -0.3 is 0 Å². The largest absolute Gasteiger partial charge is 0.162 e. The highest BCUT2D eigenvalue weighted by molar-refractivity contribution is 7.99. The molecule has 0 aliphatic rings. The molecule has 0 saturated heterocycles. The molecule has 0 bridgehead atoms. The zero-order valence-electron chi connectivity index (χ0n) is 5.89. The van der Waals surface area contributed by atoms with Gasteiger partial charge in [0.15, 0.2) is 0 Å². The lowest BCUT2D eigenvalue weighted by molar-refractivity contribution is 0.732. The van der Waals surface area contributed by atoms with Gasteiger partial charge in [-0.3, -0.25) is 0 Å².